The van der Waals surface area contributed by atoms with E-state index >= 15 is 0 Å². The molecule has 1 aromatic heterocycles. The molecule has 1 amide bonds. The highest BCUT2D eigenvalue weighted by molar-refractivity contribution is 7.89. The molecule has 2 aromatic carbocycles. The Morgan fingerprint density at radius 3 is 2.18 bits per heavy atom. The molecule has 33 heavy (non-hydrogen) atoms. The second kappa shape index (κ2) is 9.12. The van der Waals surface area contributed by atoms with Crippen LogP contribution >= 0.6 is 0 Å². The van der Waals surface area contributed by atoms with Crippen LogP contribution in [0.25, 0.3) is 5.69 Å². The molecule has 3 aromatic rings. The fraction of sp³-hybridized carbons (Fsp3) is 0.227. The number of aromatic nitrogens is 2. The number of carbonyl (C=O) groups is 1. The SMILES string of the molecule is CC(=O)Nc1ccc(S(=O)(=O)N2CCN(c3ccc(=O)n(-c4ccc(F)cc4)n3)CC2)cc1. The summed E-state index contributed by atoms with van der Waals surface area (Å²) >= 11 is 0. The van der Waals surface area contributed by atoms with Crippen molar-refractivity contribution >= 4 is 27.4 Å². The third-order valence-corrected chi connectivity index (χ3v) is 7.15. The van der Waals surface area contributed by atoms with Gasteiger partial charge in [-0.25, -0.2) is 12.8 Å². The van der Waals surface area contributed by atoms with Gasteiger partial charge in [-0.15, -0.1) is 5.10 Å². The van der Waals surface area contributed by atoms with Gasteiger partial charge in [-0.3, -0.25) is 9.59 Å². The number of carbonyl (C=O) groups excluding carboxylic acids is 1. The van der Waals surface area contributed by atoms with Crippen molar-refractivity contribution in [2.24, 2.45) is 0 Å². The molecule has 0 unspecified atom stereocenters. The van der Waals surface area contributed by atoms with Crippen molar-refractivity contribution in [2.45, 2.75) is 11.8 Å². The van der Waals surface area contributed by atoms with Crippen LogP contribution in [0.4, 0.5) is 15.9 Å². The number of amides is 1. The lowest BCUT2D eigenvalue weighted by atomic mass is 10.3. The minimum atomic E-state index is -3.69. The maximum atomic E-state index is 13.2. The van der Waals surface area contributed by atoms with Gasteiger partial charge < -0.3 is 10.2 Å². The molecule has 1 N–H and O–H groups in total. The maximum absolute atomic E-state index is 13.2. The lowest BCUT2D eigenvalue weighted by Crippen LogP contribution is -2.49. The normalized spacial score (nSPS) is 14.8. The number of sulfonamides is 1. The lowest BCUT2D eigenvalue weighted by molar-refractivity contribution is -0.114. The summed E-state index contributed by atoms with van der Waals surface area (Å²) in [7, 11) is -3.69. The molecule has 1 aliphatic heterocycles. The fourth-order valence-corrected chi connectivity index (χ4v) is 4.98. The van der Waals surface area contributed by atoms with E-state index in [2.05, 4.69) is 10.4 Å². The first-order chi connectivity index (χ1) is 15.7. The van der Waals surface area contributed by atoms with Gasteiger partial charge in [0.1, 0.15) is 11.6 Å². The molecule has 0 saturated carbocycles. The maximum Gasteiger partial charge on any atom is 0.271 e. The molecule has 0 aliphatic carbocycles. The molecule has 1 saturated heterocycles. The van der Waals surface area contributed by atoms with Crippen LogP contribution in [-0.2, 0) is 14.8 Å². The first kappa shape index (κ1) is 22.6. The van der Waals surface area contributed by atoms with Crippen molar-refractivity contribution in [3.63, 3.8) is 0 Å². The van der Waals surface area contributed by atoms with Crippen LogP contribution in [0, 0.1) is 5.82 Å². The van der Waals surface area contributed by atoms with Gasteiger partial charge in [0, 0.05) is 44.9 Å². The number of benzene rings is 2. The van der Waals surface area contributed by atoms with Gasteiger partial charge in [0.05, 0.1) is 10.6 Å². The van der Waals surface area contributed by atoms with Gasteiger partial charge in [-0.05, 0) is 54.6 Å². The Morgan fingerprint density at radius 2 is 1.58 bits per heavy atom. The first-order valence-electron chi connectivity index (χ1n) is 10.2. The second-order valence-corrected chi connectivity index (χ2v) is 9.45. The molecule has 4 rings (SSSR count). The van der Waals surface area contributed by atoms with Crippen LogP contribution < -0.4 is 15.8 Å². The summed E-state index contributed by atoms with van der Waals surface area (Å²) in [5, 5.41) is 6.99. The van der Waals surface area contributed by atoms with E-state index in [1.165, 1.54) is 58.4 Å². The molecular weight excluding hydrogens is 449 g/mol. The van der Waals surface area contributed by atoms with Crippen LogP contribution in [0.1, 0.15) is 6.92 Å². The van der Waals surface area contributed by atoms with E-state index < -0.39 is 15.8 Å². The standard InChI is InChI=1S/C22H22FN5O4S/c1-16(29)24-18-4-8-20(9-5-18)33(31,32)27-14-12-26(13-15-27)21-10-11-22(30)28(25-21)19-6-2-17(23)3-7-19/h2-11H,12-15H2,1H3,(H,24,29). The van der Waals surface area contributed by atoms with Crippen molar-refractivity contribution in [2.75, 3.05) is 36.4 Å². The quantitative estimate of drug-likeness (QED) is 0.609. The first-order valence-corrected chi connectivity index (χ1v) is 11.7. The Labute approximate surface area is 190 Å². The number of nitrogens with zero attached hydrogens (tertiary/aromatic N) is 4. The summed E-state index contributed by atoms with van der Waals surface area (Å²) in [6.07, 6.45) is 0. The number of halogens is 1. The molecule has 0 bridgehead atoms. The summed E-state index contributed by atoms with van der Waals surface area (Å²) in [6.45, 7) is 2.64. The Bertz CT molecular complexity index is 1320. The van der Waals surface area contributed by atoms with E-state index in [0.717, 1.165) is 0 Å². The van der Waals surface area contributed by atoms with E-state index in [0.29, 0.717) is 30.3 Å². The Balaban J connectivity index is 1.47. The van der Waals surface area contributed by atoms with E-state index in [1.807, 2.05) is 4.90 Å². The van der Waals surface area contributed by atoms with Crippen LogP contribution in [0.5, 0.6) is 0 Å². The predicted molar refractivity (Wildman–Crippen MR) is 122 cm³/mol. The van der Waals surface area contributed by atoms with Gasteiger partial charge in [0.15, 0.2) is 0 Å². The number of hydrogen-bond acceptors (Lipinski definition) is 6. The van der Waals surface area contributed by atoms with Crippen molar-refractivity contribution in [1.29, 1.82) is 0 Å². The Hall–Kier alpha value is -3.57. The third-order valence-electron chi connectivity index (χ3n) is 5.23. The molecule has 1 fully saturated rings. The summed E-state index contributed by atoms with van der Waals surface area (Å²) in [5.74, 6) is -0.123. The summed E-state index contributed by atoms with van der Waals surface area (Å²) < 4.78 is 41.8. The van der Waals surface area contributed by atoms with E-state index in [4.69, 9.17) is 0 Å². The zero-order valence-electron chi connectivity index (χ0n) is 17.8. The number of nitrogens with one attached hydrogen (secondary N) is 1. The Kier molecular flexibility index (Phi) is 6.25. The van der Waals surface area contributed by atoms with Crippen LogP contribution in [0.2, 0.25) is 0 Å². The van der Waals surface area contributed by atoms with Crippen LogP contribution in [0.15, 0.2) is 70.4 Å². The lowest BCUT2D eigenvalue weighted by Gasteiger charge is -2.34. The minimum Gasteiger partial charge on any atom is -0.353 e. The molecule has 172 valence electrons. The molecule has 1 aliphatic rings. The van der Waals surface area contributed by atoms with Crippen molar-refractivity contribution < 1.29 is 17.6 Å². The average Bonchev–Trinajstić information content (AvgIpc) is 2.80. The van der Waals surface area contributed by atoms with Gasteiger partial charge >= 0.3 is 0 Å². The second-order valence-electron chi connectivity index (χ2n) is 7.51. The van der Waals surface area contributed by atoms with E-state index in [-0.39, 0.29) is 29.5 Å². The Morgan fingerprint density at radius 1 is 0.939 bits per heavy atom. The van der Waals surface area contributed by atoms with Crippen molar-refractivity contribution in [3.05, 3.63) is 76.8 Å². The summed E-state index contributed by atoms with van der Waals surface area (Å²) in [5.41, 5.74) is 0.607. The molecular formula is C22H22FN5O4S. The zero-order chi connectivity index (χ0) is 23.6. The number of piperazine rings is 1. The van der Waals surface area contributed by atoms with Crippen molar-refractivity contribution in [1.82, 2.24) is 14.1 Å². The van der Waals surface area contributed by atoms with Gasteiger partial charge in [-0.1, -0.05) is 0 Å². The summed E-state index contributed by atoms with van der Waals surface area (Å²) in [6, 6.07) is 14.4. The summed E-state index contributed by atoms with van der Waals surface area (Å²) in [4.78, 5) is 25.4. The van der Waals surface area contributed by atoms with E-state index in [9.17, 15) is 22.4 Å². The monoisotopic (exact) mass is 471 g/mol. The van der Waals surface area contributed by atoms with Gasteiger partial charge in [0.25, 0.3) is 5.56 Å². The van der Waals surface area contributed by atoms with Crippen LogP contribution in [-0.4, -0.2) is 54.6 Å². The molecule has 2 heterocycles. The highest BCUT2D eigenvalue weighted by Crippen LogP contribution is 2.21. The average molecular weight is 472 g/mol. The molecule has 9 nitrogen and oxygen atoms in total. The molecule has 11 heteroatoms. The highest BCUT2D eigenvalue weighted by atomic mass is 32.2. The molecule has 0 atom stereocenters. The van der Waals surface area contributed by atoms with Gasteiger partial charge in [-0.2, -0.15) is 8.99 Å². The predicted octanol–water partition coefficient (Wildman–Crippen LogP) is 1.84. The van der Waals surface area contributed by atoms with Crippen LogP contribution in [0.3, 0.4) is 0 Å². The van der Waals surface area contributed by atoms with Gasteiger partial charge in [0.2, 0.25) is 15.9 Å². The third kappa shape index (κ3) is 4.94. The molecule has 0 radical (unpaired) electrons. The topological polar surface area (TPSA) is 105 Å². The highest BCUT2D eigenvalue weighted by Gasteiger charge is 2.29. The number of rotatable bonds is 5. The zero-order valence-corrected chi connectivity index (χ0v) is 18.6. The smallest absolute Gasteiger partial charge is 0.271 e. The fourth-order valence-electron chi connectivity index (χ4n) is 3.56. The van der Waals surface area contributed by atoms with E-state index in [1.54, 1.807) is 18.2 Å². The molecule has 0 spiro atoms. The van der Waals surface area contributed by atoms with Crippen molar-refractivity contribution in [3.8, 4) is 5.69 Å². The number of hydrogen-bond donors (Lipinski definition) is 1. The largest absolute Gasteiger partial charge is 0.353 e. The minimum absolute atomic E-state index is 0.146. The number of anilines is 2.